The number of hydrogen-bond donors (Lipinski definition) is 1. The highest BCUT2D eigenvalue weighted by molar-refractivity contribution is 5.00. The highest BCUT2D eigenvalue weighted by Gasteiger charge is 2.42. The van der Waals surface area contributed by atoms with Gasteiger partial charge in [0.15, 0.2) is 0 Å². The second-order valence-electron chi connectivity index (χ2n) is 4.67. The van der Waals surface area contributed by atoms with Crippen LogP contribution in [0.15, 0.2) is 0 Å². The molecule has 0 radical (unpaired) electrons. The zero-order valence-corrected chi connectivity index (χ0v) is 7.69. The summed E-state index contributed by atoms with van der Waals surface area (Å²) in [5, 5.41) is 3.69. The third kappa shape index (κ3) is 1.20. The van der Waals surface area contributed by atoms with Gasteiger partial charge in [-0.1, -0.05) is 13.8 Å². The molecule has 0 aromatic heterocycles. The van der Waals surface area contributed by atoms with Crippen LogP contribution in [0.1, 0.15) is 39.5 Å². The van der Waals surface area contributed by atoms with Gasteiger partial charge in [-0.3, -0.25) is 0 Å². The Morgan fingerprint density at radius 3 is 2.27 bits per heavy atom. The van der Waals surface area contributed by atoms with Gasteiger partial charge < -0.3 is 5.32 Å². The van der Waals surface area contributed by atoms with Crippen LogP contribution >= 0.6 is 0 Å². The van der Waals surface area contributed by atoms with Gasteiger partial charge >= 0.3 is 0 Å². The van der Waals surface area contributed by atoms with E-state index in [1.807, 2.05) is 0 Å². The smallest absolute Gasteiger partial charge is 0.0187 e. The van der Waals surface area contributed by atoms with Crippen molar-refractivity contribution in [1.29, 1.82) is 0 Å². The van der Waals surface area contributed by atoms with Crippen molar-refractivity contribution in [3.63, 3.8) is 0 Å². The van der Waals surface area contributed by atoms with E-state index in [4.69, 9.17) is 0 Å². The van der Waals surface area contributed by atoms with Gasteiger partial charge in [0, 0.05) is 5.54 Å². The zero-order chi connectivity index (χ0) is 7.90. The third-order valence-electron chi connectivity index (χ3n) is 3.73. The summed E-state index contributed by atoms with van der Waals surface area (Å²) < 4.78 is 0. The van der Waals surface area contributed by atoms with Crippen LogP contribution in [0.3, 0.4) is 0 Å². The Kier molecular flexibility index (Phi) is 1.71. The Balaban J connectivity index is 2.06. The van der Waals surface area contributed by atoms with E-state index in [0.717, 1.165) is 11.8 Å². The normalized spacial score (nSPS) is 42.0. The molecule has 1 aliphatic heterocycles. The molecule has 0 amide bonds. The predicted octanol–water partition coefficient (Wildman–Crippen LogP) is 2.17. The number of hydrogen-bond acceptors (Lipinski definition) is 1. The molecule has 2 aliphatic rings. The summed E-state index contributed by atoms with van der Waals surface area (Å²) in [5.74, 6) is 1.89. The lowest BCUT2D eigenvalue weighted by atomic mass is 9.94. The first-order chi connectivity index (χ1) is 5.22. The SMILES string of the molecule is C[C@H]1CC2(CCCN2)C[C@@H]1C. The van der Waals surface area contributed by atoms with Crippen molar-refractivity contribution in [2.75, 3.05) is 6.54 Å². The Bertz CT molecular complexity index is 135. The molecular formula is C10H19N. The molecule has 2 atom stereocenters. The van der Waals surface area contributed by atoms with E-state index in [1.165, 1.54) is 32.2 Å². The van der Waals surface area contributed by atoms with Crippen LogP contribution in [0.4, 0.5) is 0 Å². The molecule has 1 nitrogen and oxygen atoms in total. The van der Waals surface area contributed by atoms with Crippen molar-refractivity contribution in [2.45, 2.75) is 45.1 Å². The fraction of sp³-hybridized carbons (Fsp3) is 1.00. The van der Waals surface area contributed by atoms with Crippen LogP contribution in [-0.4, -0.2) is 12.1 Å². The minimum absolute atomic E-state index is 0.582. The molecule has 2 rings (SSSR count). The van der Waals surface area contributed by atoms with Gasteiger partial charge in [-0.2, -0.15) is 0 Å². The van der Waals surface area contributed by atoms with Crippen molar-refractivity contribution < 1.29 is 0 Å². The van der Waals surface area contributed by atoms with E-state index in [2.05, 4.69) is 19.2 Å². The zero-order valence-electron chi connectivity index (χ0n) is 7.69. The van der Waals surface area contributed by atoms with E-state index < -0.39 is 0 Å². The first kappa shape index (κ1) is 7.60. The van der Waals surface area contributed by atoms with Crippen molar-refractivity contribution in [2.24, 2.45) is 11.8 Å². The molecule has 1 spiro atoms. The maximum Gasteiger partial charge on any atom is 0.0187 e. The van der Waals surface area contributed by atoms with Gasteiger partial charge in [0.25, 0.3) is 0 Å². The van der Waals surface area contributed by atoms with Gasteiger partial charge in [0.1, 0.15) is 0 Å². The molecule has 1 saturated heterocycles. The van der Waals surface area contributed by atoms with Crippen LogP contribution in [0.5, 0.6) is 0 Å². The molecule has 1 heteroatoms. The summed E-state index contributed by atoms with van der Waals surface area (Å²) in [4.78, 5) is 0. The van der Waals surface area contributed by atoms with Crippen LogP contribution in [0.25, 0.3) is 0 Å². The summed E-state index contributed by atoms with van der Waals surface area (Å²) in [6, 6.07) is 0. The molecule has 0 unspecified atom stereocenters. The summed E-state index contributed by atoms with van der Waals surface area (Å²) in [6.07, 6.45) is 5.68. The highest BCUT2D eigenvalue weighted by atomic mass is 15.0. The van der Waals surface area contributed by atoms with Gasteiger partial charge in [0.05, 0.1) is 0 Å². The Labute approximate surface area is 69.6 Å². The molecule has 64 valence electrons. The minimum atomic E-state index is 0.582. The van der Waals surface area contributed by atoms with Crippen LogP contribution in [-0.2, 0) is 0 Å². The third-order valence-corrected chi connectivity index (χ3v) is 3.73. The number of rotatable bonds is 0. The molecular weight excluding hydrogens is 134 g/mol. The second kappa shape index (κ2) is 2.48. The molecule has 2 fully saturated rings. The Morgan fingerprint density at radius 1 is 1.18 bits per heavy atom. The lowest BCUT2D eigenvalue weighted by molar-refractivity contribution is 0.372. The molecule has 1 N–H and O–H groups in total. The average Bonchev–Trinajstić information content (AvgIpc) is 2.46. The molecule has 0 aromatic carbocycles. The average molecular weight is 153 g/mol. The van der Waals surface area contributed by atoms with Crippen molar-refractivity contribution in [3.8, 4) is 0 Å². The largest absolute Gasteiger partial charge is 0.311 e. The standard InChI is InChI=1S/C10H19N/c1-8-6-10(7-9(8)2)4-3-5-11-10/h8-9,11H,3-7H2,1-2H3/t8-,9-/m0/s1. The van der Waals surface area contributed by atoms with E-state index in [0.29, 0.717) is 5.54 Å². The lowest BCUT2D eigenvalue weighted by Gasteiger charge is -2.23. The summed E-state index contributed by atoms with van der Waals surface area (Å²) >= 11 is 0. The summed E-state index contributed by atoms with van der Waals surface area (Å²) in [5.41, 5.74) is 0.582. The van der Waals surface area contributed by atoms with E-state index >= 15 is 0 Å². The highest BCUT2D eigenvalue weighted by Crippen LogP contribution is 2.43. The molecule has 1 heterocycles. The molecule has 1 aliphatic carbocycles. The second-order valence-corrected chi connectivity index (χ2v) is 4.67. The van der Waals surface area contributed by atoms with Crippen LogP contribution in [0, 0.1) is 11.8 Å². The fourth-order valence-electron chi connectivity index (χ4n) is 2.94. The van der Waals surface area contributed by atoms with Gasteiger partial charge in [-0.15, -0.1) is 0 Å². The van der Waals surface area contributed by atoms with Gasteiger partial charge in [0.2, 0.25) is 0 Å². The predicted molar refractivity (Wildman–Crippen MR) is 47.5 cm³/mol. The molecule has 0 aromatic rings. The lowest BCUT2D eigenvalue weighted by Crippen LogP contribution is -2.36. The fourth-order valence-corrected chi connectivity index (χ4v) is 2.94. The quantitative estimate of drug-likeness (QED) is 0.562. The topological polar surface area (TPSA) is 12.0 Å². The van der Waals surface area contributed by atoms with E-state index in [1.54, 1.807) is 0 Å². The summed E-state index contributed by atoms with van der Waals surface area (Å²) in [6.45, 7) is 6.07. The van der Waals surface area contributed by atoms with Gasteiger partial charge in [-0.05, 0) is 44.1 Å². The van der Waals surface area contributed by atoms with Crippen molar-refractivity contribution >= 4 is 0 Å². The minimum Gasteiger partial charge on any atom is -0.311 e. The first-order valence-electron chi connectivity index (χ1n) is 4.97. The number of nitrogens with one attached hydrogen (secondary N) is 1. The van der Waals surface area contributed by atoms with E-state index in [-0.39, 0.29) is 0 Å². The Morgan fingerprint density at radius 2 is 1.82 bits per heavy atom. The monoisotopic (exact) mass is 153 g/mol. The molecule has 11 heavy (non-hydrogen) atoms. The van der Waals surface area contributed by atoms with Crippen LogP contribution in [0.2, 0.25) is 0 Å². The van der Waals surface area contributed by atoms with Gasteiger partial charge in [-0.25, -0.2) is 0 Å². The Hall–Kier alpha value is -0.0400. The maximum atomic E-state index is 3.69. The molecule has 1 saturated carbocycles. The van der Waals surface area contributed by atoms with E-state index in [9.17, 15) is 0 Å². The summed E-state index contributed by atoms with van der Waals surface area (Å²) in [7, 11) is 0. The van der Waals surface area contributed by atoms with Crippen molar-refractivity contribution in [3.05, 3.63) is 0 Å². The maximum absolute atomic E-state index is 3.69. The first-order valence-corrected chi connectivity index (χ1v) is 4.97. The van der Waals surface area contributed by atoms with Crippen LogP contribution < -0.4 is 5.32 Å². The molecule has 0 bridgehead atoms. The van der Waals surface area contributed by atoms with Crippen molar-refractivity contribution in [1.82, 2.24) is 5.32 Å².